The first-order chi connectivity index (χ1) is 10.2. The van der Waals surface area contributed by atoms with Crippen LogP contribution < -0.4 is 10.6 Å². The first kappa shape index (κ1) is 14.0. The van der Waals surface area contributed by atoms with E-state index in [1.54, 1.807) is 13.3 Å². The number of fused-ring (bicyclic) bond motifs is 1. The SMILES string of the molecule is COC1(C(=O)Nc2cnc3ccccc3c2)CCNCC1. The Morgan fingerprint density at radius 3 is 2.86 bits per heavy atom. The van der Waals surface area contributed by atoms with Crippen LogP contribution >= 0.6 is 0 Å². The van der Waals surface area contributed by atoms with Gasteiger partial charge in [-0.1, -0.05) is 18.2 Å². The molecule has 1 amide bonds. The van der Waals surface area contributed by atoms with Crippen molar-refractivity contribution in [1.82, 2.24) is 10.3 Å². The van der Waals surface area contributed by atoms with Crippen LogP contribution in [0.1, 0.15) is 12.8 Å². The fourth-order valence-corrected chi connectivity index (χ4v) is 2.74. The van der Waals surface area contributed by atoms with Crippen molar-refractivity contribution >= 4 is 22.5 Å². The minimum atomic E-state index is -0.739. The summed E-state index contributed by atoms with van der Waals surface area (Å²) < 4.78 is 5.53. The Labute approximate surface area is 123 Å². The lowest BCUT2D eigenvalue weighted by Crippen LogP contribution is -2.51. The first-order valence-corrected chi connectivity index (χ1v) is 7.16. The van der Waals surface area contributed by atoms with E-state index in [-0.39, 0.29) is 5.91 Å². The summed E-state index contributed by atoms with van der Waals surface area (Å²) in [6, 6.07) is 9.77. The van der Waals surface area contributed by atoms with E-state index in [4.69, 9.17) is 4.74 Å². The smallest absolute Gasteiger partial charge is 0.256 e. The summed E-state index contributed by atoms with van der Waals surface area (Å²) in [6.45, 7) is 1.58. The summed E-state index contributed by atoms with van der Waals surface area (Å²) >= 11 is 0. The van der Waals surface area contributed by atoms with Crippen molar-refractivity contribution in [3.8, 4) is 0 Å². The van der Waals surface area contributed by atoms with E-state index in [2.05, 4.69) is 15.6 Å². The molecule has 0 atom stereocenters. The van der Waals surface area contributed by atoms with Gasteiger partial charge in [-0.15, -0.1) is 0 Å². The molecule has 0 bridgehead atoms. The van der Waals surface area contributed by atoms with Gasteiger partial charge in [-0.05, 0) is 38.1 Å². The molecular weight excluding hydrogens is 266 g/mol. The third-order valence-electron chi connectivity index (χ3n) is 4.06. The van der Waals surface area contributed by atoms with E-state index in [0.29, 0.717) is 18.5 Å². The average molecular weight is 285 g/mol. The number of pyridine rings is 1. The van der Waals surface area contributed by atoms with Crippen LogP contribution in [0.25, 0.3) is 10.9 Å². The molecular formula is C16H19N3O2. The average Bonchev–Trinajstić information content (AvgIpc) is 2.55. The van der Waals surface area contributed by atoms with Crippen molar-refractivity contribution in [2.45, 2.75) is 18.4 Å². The monoisotopic (exact) mass is 285 g/mol. The highest BCUT2D eigenvalue weighted by atomic mass is 16.5. The van der Waals surface area contributed by atoms with Crippen LogP contribution in [0.3, 0.4) is 0 Å². The summed E-state index contributed by atoms with van der Waals surface area (Å²) in [5.74, 6) is -0.0939. The molecule has 5 nitrogen and oxygen atoms in total. The maximum absolute atomic E-state index is 12.6. The van der Waals surface area contributed by atoms with E-state index >= 15 is 0 Å². The maximum Gasteiger partial charge on any atom is 0.256 e. The van der Waals surface area contributed by atoms with Gasteiger partial charge in [-0.25, -0.2) is 0 Å². The molecule has 110 valence electrons. The zero-order valence-electron chi connectivity index (χ0n) is 12.1. The van der Waals surface area contributed by atoms with E-state index in [0.717, 1.165) is 24.0 Å². The number of para-hydroxylation sites is 1. The molecule has 1 aliphatic heterocycles. The van der Waals surface area contributed by atoms with E-state index in [1.807, 2.05) is 30.3 Å². The van der Waals surface area contributed by atoms with Gasteiger partial charge < -0.3 is 15.4 Å². The van der Waals surface area contributed by atoms with Gasteiger partial charge in [0.25, 0.3) is 5.91 Å². The topological polar surface area (TPSA) is 63.2 Å². The number of hydrogen-bond acceptors (Lipinski definition) is 4. The Morgan fingerprint density at radius 1 is 1.33 bits per heavy atom. The van der Waals surface area contributed by atoms with Crippen molar-refractivity contribution in [2.24, 2.45) is 0 Å². The molecule has 0 aliphatic carbocycles. The number of aromatic nitrogens is 1. The zero-order valence-corrected chi connectivity index (χ0v) is 12.1. The summed E-state index contributed by atoms with van der Waals surface area (Å²) in [4.78, 5) is 16.9. The van der Waals surface area contributed by atoms with Crippen molar-refractivity contribution in [1.29, 1.82) is 0 Å². The highest BCUT2D eigenvalue weighted by molar-refractivity contribution is 5.98. The number of nitrogens with one attached hydrogen (secondary N) is 2. The van der Waals surface area contributed by atoms with Crippen molar-refractivity contribution < 1.29 is 9.53 Å². The molecule has 0 spiro atoms. The van der Waals surface area contributed by atoms with Gasteiger partial charge in [0.05, 0.1) is 17.4 Å². The molecule has 3 rings (SSSR count). The second kappa shape index (κ2) is 5.79. The largest absolute Gasteiger partial charge is 0.368 e. The molecule has 5 heteroatoms. The van der Waals surface area contributed by atoms with Crippen LogP contribution in [0.15, 0.2) is 36.5 Å². The number of amides is 1. The second-order valence-corrected chi connectivity index (χ2v) is 5.32. The van der Waals surface area contributed by atoms with Crippen molar-refractivity contribution in [3.63, 3.8) is 0 Å². The summed E-state index contributed by atoms with van der Waals surface area (Å²) in [7, 11) is 1.60. The summed E-state index contributed by atoms with van der Waals surface area (Å²) in [5.41, 5.74) is 0.879. The van der Waals surface area contributed by atoms with Crippen LogP contribution in [0, 0.1) is 0 Å². The number of rotatable bonds is 3. The molecule has 1 aromatic carbocycles. The van der Waals surface area contributed by atoms with Crippen LogP contribution in [0.2, 0.25) is 0 Å². The number of carbonyl (C=O) groups excluding carboxylic acids is 1. The fourth-order valence-electron chi connectivity index (χ4n) is 2.74. The minimum Gasteiger partial charge on any atom is -0.368 e. The Kier molecular flexibility index (Phi) is 3.86. The zero-order chi connectivity index (χ0) is 14.7. The van der Waals surface area contributed by atoms with Crippen molar-refractivity contribution in [2.75, 3.05) is 25.5 Å². The first-order valence-electron chi connectivity index (χ1n) is 7.16. The second-order valence-electron chi connectivity index (χ2n) is 5.32. The van der Waals surface area contributed by atoms with Gasteiger partial charge in [0.2, 0.25) is 0 Å². The maximum atomic E-state index is 12.6. The molecule has 1 aromatic heterocycles. The standard InChI is InChI=1S/C16H19N3O2/c1-21-16(6-8-17-9-7-16)15(20)19-13-10-12-4-2-3-5-14(12)18-11-13/h2-5,10-11,17H,6-9H2,1H3,(H,19,20). The number of carbonyl (C=O) groups is 1. The Morgan fingerprint density at radius 2 is 2.10 bits per heavy atom. The summed E-state index contributed by atoms with van der Waals surface area (Å²) in [5, 5.41) is 7.19. The van der Waals surface area contributed by atoms with Gasteiger partial charge >= 0.3 is 0 Å². The molecule has 2 N–H and O–H groups in total. The molecule has 1 fully saturated rings. The van der Waals surface area contributed by atoms with Gasteiger partial charge in [-0.3, -0.25) is 9.78 Å². The lowest BCUT2D eigenvalue weighted by molar-refractivity contribution is -0.140. The third-order valence-corrected chi connectivity index (χ3v) is 4.06. The van der Waals surface area contributed by atoms with Gasteiger partial charge in [0.15, 0.2) is 0 Å². The molecule has 2 aromatic rings. The van der Waals surface area contributed by atoms with Crippen LogP contribution in [-0.2, 0) is 9.53 Å². The highest BCUT2D eigenvalue weighted by Crippen LogP contribution is 2.25. The van der Waals surface area contributed by atoms with E-state index < -0.39 is 5.60 Å². The number of nitrogens with zero attached hydrogens (tertiary/aromatic N) is 1. The quantitative estimate of drug-likeness (QED) is 0.904. The predicted molar refractivity (Wildman–Crippen MR) is 82.2 cm³/mol. The molecule has 0 saturated carbocycles. The number of anilines is 1. The number of methoxy groups -OCH3 is 1. The molecule has 0 radical (unpaired) electrons. The van der Waals surface area contributed by atoms with Gasteiger partial charge in [0.1, 0.15) is 5.60 Å². The lowest BCUT2D eigenvalue weighted by Gasteiger charge is -2.34. The van der Waals surface area contributed by atoms with Crippen LogP contribution in [0.5, 0.6) is 0 Å². The van der Waals surface area contributed by atoms with Crippen molar-refractivity contribution in [3.05, 3.63) is 36.5 Å². The number of hydrogen-bond donors (Lipinski definition) is 2. The number of ether oxygens (including phenoxy) is 1. The van der Waals surface area contributed by atoms with Crippen LogP contribution in [0.4, 0.5) is 5.69 Å². The lowest BCUT2D eigenvalue weighted by atomic mass is 9.91. The molecule has 21 heavy (non-hydrogen) atoms. The normalized spacial score (nSPS) is 17.6. The minimum absolute atomic E-state index is 0.0939. The highest BCUT2D eigenvalue weighted by Gasteiger charge is 2.39. The Hall–Kier alpha value is -1.98. The Bertz CT molecular complexity index is 651. The summed E-state index contributed by atoms with van der Waals surface area (Å²) in [6.07, 6.45) is 3.04. The van der Waals surface area contributed by atoms with Gasteiger partial charge in [-0.2, -0.15) is 0 Å². The number of piperidine rings is 1. The predicted octanol–water partition coefficient (Wildman–Crippen LogP) is 1.94. The molecule has 0 unspecified atom stereocenters. The molecule has 1 saturated heterocycles. The van der Waals surface area contributed by atoms with E-state index in [9.17, 15) is 4.79 Å². The molecule has 2 heterocycles. The molecule has 1 aliphatic rings. The van der Waals surface area contributed by atoms with E-state index in [1.165, 1.54) is 0 Å². The third kappa shape index (κ3) is 2.75. The van der Waals surface area contributed by atoms with Crippen LogP contribution in [-0.4, -0.2) is 36.7 Å². The van der Waals surface area contributed by atoms with Gasteiger partial charge in [0, 0.05) is 12.5 Å². The Balaban J connectivity index is 1.81. The number of benzene rings is 1. The fraction of sp³-hybridized carbons (Fsp3) is 0.375.